The van der Waals surface area contributed by atoms with Crippen molar-refractivity contribution in [2.45, 2.75) is 18.5 Å². The Balaban J connectivity index is 1.84. The molecule has 3 heteroatoms. The summed E-state index contributed by atoms with van der Waals surface area (Å²) in [7, 11) is 2.23. The number of likely N-dealkylation sites (tertiary alicyclic amines) is 1. The fourth-order valence-corrected chi connectivity index (χ4v) is 2.71. The Kier molecular flexibility index (Phi) is 1.74. The van der Waals surface area contributed by atoms with E-state index in [4.69, 9.17) is 0 Å². The molecule has 0 aromatic carbocycles. The molecule has 74 valence electrons. The second-order valence-electron chi connectivity index (χ2n) is 4.35. The van der Waals surface area contributed by atoms with Gasteiger partial charge in [-0.25, -0.2) is 0 Å². The van der Waals surface area contributed by atoms with Gasteiger partial charge in [0.2, 0.25) is 0 Å². The monoisotopic (exact) mass is 189 g/mol. The van der Waals surface area contributed by atoms with Gasteiger partial charge in [-0.15, -0.1) is 0 Å². The van der Waals surface area contributed by atoms with Crippen molar-refractivity contribution in [2.24, 2.45) is 0 Å². The minimum absolute atomic E-state index is 0.717. The third-order valence-electron chi connectivity index (χ3n) is 3.49. The van der Waals surface area contributed by atoms with E-state index in [1.165, 1.54) is 25.2 Å². The lowest BCUT2D eigenvalue weighted by atomic mass is 10.2. The van der Waals surface area contributed by atoms with E-state index in [0.717, 1.165) is 6.04 Å². The minimum atomic E-state index is 0.717. The zero-order valence-corrected chi connectivity index (χ0v) is 8.43. The van der Waals surface area contributed by atoms with Crippen LogP contribution in [-0.2, 0) is 0 Å². The van der Waals surface area contributed by atoms with E-state index < -0.39 is 0 Å². The summed E-state index contributed by atoms with van der Waals surface area (Å²) >= 11 is 0. The third kappa shape index (κ3) is 1.12. The first-order valence-corrected chi connectivity index (χ1v) is 5.21. The molecule has 2 aliphatic rings. The molecule has 3 rings (SSSR count). The molecule has 3 heterocycles. The summed E-state index contributed by atoms with van der Waals surface area (Å²) in [5, 5.41) is 0. The molecule has 0 N–H and O–H groups in total. The highest BCUT2D eigenvalue weighted by Crippen LogP contribution is 2.32. The number of hydrogen-bond donors (Lipinski definition) is 0. The maximum Gasteiger partial charge on any atom is 0.0556 e. The van der Waals surface area contributed by atoms with Gasteiger partial charge >= 0.3 is 0 Å². The lowest BCUT2D eigenvalue weighted by Gasteiger charge is -2.33. The van der Waals surface area contributed by atoms with Crippen molar-refractivity contribution in [3.05, 3.63) is 24.5 Å². The number of nitrogens with zero attached hydrogens (tertiary/aromatic N) is 3. The van der Waals surface area contributed by atoms with Gasteiger partial charge in [-0.3, -0.25) is 9.88 Å². The molecule has 2 aliphatic heterocycles. The number of hydrogen-bond acceptors (Lipinski definition) is 3. The highest BCUT2D eigenvalue weighted by atomic mass is 15.3. The van der Waals surface area contributed by atoms with Crippen molar-refractivity contribution >= 4 is 5.69 Å². The number of aromatic nitrogens is 1. The highest BCUT2D eigenvalue weighted by Gasteiger charge is 2.41. The quantitative estimate of drug-likeness (QED) is 0.656. The molecule has 2 atom stereocenters. The molecule has 2 fully saturated rings. The molecule has 2 saturated heterocycles. The fourth-order valence-electron chi connectivity index (χ4n) is 2.71. The second-order valence-corrected chi connectivity index (χ2v) is 4.35. The molecule has 0 radical (unpaired) electrons. The van der Waals surface area contributed by atoms with Crippen LogP contribution in [-0.4, -0.2) is 42.1 Å². The Labute approximate surface area is 84.3 Å². The van der Waals surface area contributed by atoms with E-state index in [1.807, 2.05) is 18.5 Å². The van der Waals surface area contributed by atoms with Gasteiger partial charge in [-0.1, -0.05) is 0 Å². The zero-order valence-electron chi connectivity index (χ0n) is 8.43. The van der Waals surface area contributed by atoms with Crippen molar-refractivity contribution in [2.75, 3.05) is 25.0 Å². The summed E-state index contributed by atoms with van der Waals surface area (Å²) in [6, 6.07) is 5.66. The Morgan fingerprint density at radius 3 is 2.86 bits per heavy atom. The highest BCUT2D eigenvalue weighted by molar-refractivity contribution is 5.47. The van der Waals surface area contributed by atoms with E-state index >= 15 is 0 Å². The van der Waals surface area contributed by atoms with Gasteiger partial charge in [0, 0.05) is 31.4 Å². The van der Waals surface area contributed by atoms with Gasteiger partial charge in [0.05, 0.1) is 11.9 Å². The summed E-state index contributed by atoms with van der Waals surface area (Å²) in [6.07, 6.45) is 5.13. The fraction of sp³-hybridized carbons (Fsp3) is 0.545. The largest absolute Gasteiger partial charge is 0.364 e. The van der Waals surface area contributed by atoms with Crippen LogP contribution in [0.4, 0.5) is 5.69 Å². The average Bonchev–Trinajstić information content (AvgIpc) is 2.77. The predicted octanol–water partition coefficient (Wildman–Crippen LogP) is 0.974. The third-order valence-corrected chi connectivity index (χ3v) is 3.49. The second kappa shape index (κ2) is 2.95. The molecule has 1 aromatic heterocycles. The van der Waals surface area contributed by atoms with Crippen molar-refractivity contribution < 1.29 is 0 Å². The molecule has 0 unspecified atom stereocenters. The van der Waals surface area contributed by atoms with Crippen LogP contribution < -0.4 is 4.90 Å². The van der Waals surface area contributed by atoms with Gasteiger partial charge < -0.3 is 4.90 Å². The maximum absolute atomic E-state index is 4.18. The molecule has 2 bridgehead atoms. The SMILES string of the molecule is CN1C[C@@H]2C[C@H]1CN2c1cccnc1. The van der Waals surface area contributed by atoms with Crippen molar-refractivity contribution in [1.29, 1.82) is 0 Å². The number of likely N-dealkylation sites (N-methyl/N-ethyl adjacent to an activating group) is 1. The molecular formula is C11H15N3. The summed E-state index contributed by atoms with van der Waals surface area (Å²) in [4.78, 5) is 9.14. The molecular weight excluding hydrogens is 174 g/mol. The van der Waals surface area contributed by atoms with Crippen LogP contribution in [0.25, 0.3) is 0 Å². The molecule has 0 spiro atoms. The predicted molar refractivity (Wildman–Crippen MR) is 56.4 cm³/mol. The van der Waals surface area contributed by atoms with Crippen LogP contribution in [0.3, 0.4) is 0 Å². The summed E-state index contributed by atoms with van der Waals surface area (Å²) in [6.45, 7) is 2.38. The van der Waals surface area contributed by atoms with Crippen molar-refractivity contribution in [3.63, 3.8) is 0 Å². The molecule has 0 saturated carbocycles. The van der Waals surface area contributed by atoms with Crippen LogP contribution in [0.15, 0.2) is 24.5 Å². The number of fused-ring (bicyclic) bond motifs is 2. The van der Waals surface area contributed by atoms with Crippen LogP contribution in [0.5, 0.6) is 0 Å². The van der Waals surface area contributed by atoms with Crippen LogP contribution in [0.2, 0.25) is 0 Å². The van der Waals surface area contributed by atoms with Crippen LogP contribution in [0.1, 0.15) is 6.42 Å². The smallest absolute Gasteiger partial charge is 0.0556 e. The first-order valence-electron chi connectivity index (χ1n) is 5.21. The molecule has 0 aliphatic carbocycles. The Hall–Kier alpha value is -1.09. The molecule has 14 heavy (non-hydrogen) atoms. The first kappa shape index (κ1) is 8.24. The molecule has 1 aromatic rings. The van der Waals surface area contributed by atoms with Crippen molar-refractivity contribution in [1.82, 2.24) is 9.88 Å². The maximum atomic E-state index is 4.18. The topological polar surface area (TPSA) is 19.4 Å². The van der Waals surface area contributed by atoms with E-state index in [2.05, 4.69) is 27.9 Å². The lowest BCUT2D eigenvalue weighted by Crippen LogP contribution is -2.44. The van der Waals surface area contributed by atoms with Gasteiger partial charge in [0.1, 0.15) is 0 Å². The van der Waals surface area contributed by atoms with E-state index in [1.54, 1.807) is 0 Å². The summed E-state index contributed by atoms with van der Waals surface area (Å²) < 4.78 is 0. The Morgan fingerprint density at radius 2 is 2.29 bits per heavy atom. The van der Waals surface area contributed by atoms with Gasteiger partial charge in [0.15, 0.2) is 0 Å². The van der Waals surface area contributed by atoms with E-state index in [0.29, 0.717) is 6.04 Å². The number of piperazine rings is 1. The number of rotatable bonds is 1. The van der Waals surface area contributed by atoms with Gasteiger partial charge in [-0.2, -0.15) is 0 Å². The minimum Gasteiger partial charge on any atom is -0.364 e. The Morgan fingerprint density at radius 1 is 1.36 bits per heavy atom. The average molecular weight is 189 g/mol. The zero-order chi connectivity index (χ0) is 9.54. The number of anilines is 1. The lowest BCUT2D eigenvalue weighted by molar-refractivity contribution is 0.292. The Bertz CT molecular complexity index is 323. The molecule has 3 nitrogen and oxygen atoms in total. The van der Waals surface area contributed by atoms with Gasteiger partial charge in [-0.05, 0) is 25.6 Å². The van der Waals surface area contributed by atoms with Crippen molar-refractivity contribution in [3.8, 4) is 0 Å². The van der Waals surface area contributed by atoms with Crippen LogP contribution in [0, 0.1) is 0 Å². The van der Waals surface area contributed by atoms with E-state index in [-0.39, 0.29) is 0 Å². The standard InChI is InChI=1S/C11H15N3/c1-13-7-11-5-10(13)8-14(11)9-3-2-4-12-6-9/h2-4,6,10-11H,5,7-8H2,1H3/t10-,11-/m0/s1. The molecule has 0 amide bonds. The van der Waals surface area contributed by atoms with E-state index in [9.17, 15) is 0 Å². The van der Waals surface area contributed by atoms with Gasteiger partial charge in [0.25, 0.3) is 0 Å². The number of pyridine rings is 1. The first-order chi connectivity index (χ1) is 6.84. The van der Waals surface area contributed by atoms with Crippen LogP contribution >= 0.6 is 0 Å². The summed E-state index contributed by atoms with van der Waals surface area (Å²) in [5.74, 6) is 0. The summed E-state index contributed by atoms with van der Waals surface area (Å²) in [5.41, 5.74) is 1.29. The normalized spacial score (nSPS) is 31.4.